The lowest BCUT2D eigenvalue weighted by Gasteiger charge is -2.22. The van der Waals surface area contributed by atoms with Crippen LogP contribution in [0.25, 0.3) is 5.57 Å². The van der Waals surface area contributed by atoms with Gasteiger partial charge in [-0.15, -0.1) is 0 Å². The van der Waals surface area contributed by atoms with Crippen molar-refractivity contribution < 1.29 is 28.6 Å². The van der Waals surface area contributed by atoms with Crippen LogP contribution in [0.5, 0.6) is 11.5 Å². The van der Waals surface area contributed by atoms with E-state index >= 15 is 0 Å². The first-order valence-electron chi connectivity index (χ1n) is 11.0. The number of benzene rings is 2. The highest BCUT2D eigenvalue weighted by atomic mass is 16.7. The van der Waals surface area contributed by atoms with E-state index in [2.05, 4.69) is 11.4 Å². The van der Waals surface area contributed by atoms with Gasteiger partial charge in [-0.05, 0) is 68.7 Å². The summed E-state index contributed by atoms with van der Waals surface area (Å²) in [6.45, 7) is 7.18. The zero-order valence-corrected chi connectivity index (χ0v) is 20.9. The highest BCUT2D eigenvalue weighted by Gasteiger charge is 2.21. The molecule has 35 heavy (non-hydrogen) atoms. The van der Waals surface area contributed by atoms with Crippen molar-refractivity contribution in [2.75, 3.05) is 32.4 Å². The maximum absolute atomic E-state index is 12.7. The first-order valence-corrected chi connectivity index (χ1v) is 11.0. The number of carbonyl (C=O) groups is 2. The Balaban J connectivity index is 2.32. The van der Waals surface area contributed by atoms with E-state index in [-0.39, 0.29) is 6.54 Å². The van der Waals surface area contributed by atoms with Crippen LogP contribution in [0, 0.1) is 11.3 Å². The second kappa shape index (κ2) is 12.4. The topological polar surface area (TPSA) is 110 Å². The summed E-state index contributed by atoms with van der Waals surface area (Å²) in [5, 5.41) is 12.9. The van der Waals surface area contributed by atoms with Crippen LogP contribution in [0.15, 0.2) is 48.5 Å². The largest absolute Gasteiger partial charge is 0.493 e. The summed E-state index contributed by atoms with van der Waals surface area (Å²) in [5.41, 5.74) is 1.76. The third-order valence-corrected chi connectivity index (χ3v) is 4.57. The summed E-state index contributed by atoms with van der Waals surface area (Å²) >= 11 is 0. The summed E-state index contributed by atoms with van der Waals surface area (Å²) in [6.07, 6.45) is 0.708. The van der Waals surface area contributed by atoms with Crippen molar-refractivity contribution in [3.05, 3.63) is 59.7 Å². The number of nitriles is 1. The second-order valence-corrected chi connectivity index (χ2v) is 8.26. The Kier molecular flexibility index (Phi) is 9.67. The van der Waals surface area contributed by atoms with Crippen LogP contribution in [0.4, 0.5) is 10.5 Å². The van der Waals surface area contributed by atoms with Gasteiger partial charge >= 0.3 is 6.09 Å². The molecule has 186 valence electrons. The molecule has 0 fully saturated rings. The second-order valence-electron chi connectivity index (χ2n) is 8.26. The first kappa shape index (κ1) is 27.2. The van der Waals surface area contributed by atoms with Gasteiger partial charge in [0.25, 0.3) is 5.91 Å². The highest BCUT2D eigenvalue weighted by Crippen LogP contribution is 2.34. The van der Waals surface area contributed by atoms with Crippen LogP contribution >= 0.6 is 0 Å². The standard InChI is InChI=1S/C26H31N3O6/c1-7-34-23-16-19(11-12-22(23)32-5)21(13-14-27)18-9-8-10-20(15-18)29(33-6)24(30)17-28-25(31)35-26(2,3)4/h8-13,15-16H,7,17H2,1-6H3,(H,28,31). The highest BCUT2D eigenvalue weighted by molar-refractivity contribution is 5.95. The van der Waals surface area contributed by atoms with E-state index in [1.54, 1.807) is 58.2 Å². The minimum atomic E-state index is -0.709. The van der Waals surface area contributed by atoms with Crippen LogP contribution in [0.2, 0.25) is 0 Å². The minimum absolute atomic E-state index is 0.329. The number of rotatable bonds is 9. The molecule has 0 bridgehead atoms. The van der Waals surface area contributed by atoms with E-state index in [0.29, 0.717) is 34.9 Å². The van der Waals surface area contributed by atoms with Crippen LogP contribution in [-0.2, 0) is 14.4 Å². The summed E-state index contributed by atoms with van der Waals surface area (Å²) in [4.78, 5) is 29.9. The molecule has 1 N–H and O–H groups in total. The van der Waals surface area contributed by atoms with E-state index in [4.69, 9.17) is 19.0 Å². The van der Waals surface area contributed by atoms with Crippen molar-refractivity contribution in [2.45, 2.75) is 33.3 Å². The number of hydrogen-bond donors (Lipinski definition) is 1. The fourth-order valence-electron chi connectivity index (χ4n) is 3.20. The summed E-state index contributed by atoms with van der Waals surface area (Å²) in [7, 11) is 2.91. The summed E-state index contributed by atoms with van der Waals surface area (Å²) < 4.78 is 16.2. The van der Waals surface area contributed by atoms with Crippen molar-refractivity contribution >= 4 is 23.3 Å². The molecule has 9 nitrogen and oxygen atoms in total. The molecule has 2 aromatic rings. The fourth-order valence-corrected chi connectivity index (χ4v) is 3.20. The van der Waals surface area contributed by atoms with Gasteiger partial charge in [-0.25, -0.2) is 4.79 Å². The molecule has 0 spiro atoms. The Morgan fingerprint density at radius 3 is 2.40 bits per heavy atom. The maximum Gasteiger partial charge on any atom is 0.408 e. The molecule has 0 radical (unpaired) electrons. The first-order chi connectivity index (χ1) is 16.6. The molecule has 9 heteroatoms. The van der Waals surface area contributed by atoms with Crippen LogP contribution in [0.3, 0.4) is 0 Å². The quantitative estimate of drug-likeness (QED) is 0.416. The Morgan fingerprint density at radius 1 is 1.09 bits per heavy atom. The third-order valence-electron chi connectivity index (χ3n) is 4.57. The number of amides is 2. The van der Waals surface area contributed by atoms with E-state index < -0.39 is 17.6 Å². The van der Waals surface area contributed by atoms with Crippen LogP contribution < -0.4 is 19.9 Å². The molecule has 0 heterocycles. The summed E-state index contributed by atoms with van der Waals surface area (Å²) in [5.74, 6) is 0.619. The van der Waals surface area contributed by atoms with E-state index in [9.17, 15) is 14.9 Å². The smallest absolute Gasteiger partial charge is 0.408 e. The minimum Gasteiger partial charge on any atom is -0.493 e. The van der Waals surface area contributed by atoms with Crippen molar-refractivity contribution in [1.29, 1.82) is 5.26 Å². The average molecular weight is 482 g/mol. The molecule has 2 rings (SSSR count). The van der Waals surface area contributed by atoms with E-state index in [1.165, 1.54) is 13.2 Å². The predicted molar refractivity (Wildman–Crippen MR) is 132 cm³/mol. The van der Waals surface area contributed by atoms with Crippen molar-refractivity contribution in [2.24, 2.45) is 0 Å². The number of nitrogens with one attached hydrogen (secondary N) is 1. The molecule has 0 saturated carbocycles. The monoisotopic (exact) mass is 481 g/mol. The van der Waals surface area contributed by atoms with Gasteiger partial charge in [-0.3, -0.25) is 9.63 Å². The zero-order chi connectivity index (χ0) is 26.0. The number of hydroxylamine groups is 1. The molecule has 0 unspecified atom stereocenters. The normalized spacial score (nSPS) is 11.3. The van der Waals surface area contributed by atoms with Gasteiger partial charge in [0.05, 0.1) is 32.6 Å². The van der Waals surface area contributed by atoms with Gasteiger partial charge < -0.3 is 19.5 Å². The number of carbonyl (C=O) groups excluding carboxylic acids is 2. The van der Waals surface area contributed by atoms with E-state index in [1.807, 2.05) is 19.1 Å². The number of methoxy groups -OCH3 is 1. The number of nitrogens with zero attached hydrogens (tertiary/aromatic N) is 2. The summed E-state index contributed by atoms with van der Waals surface area (Å²) in [6, 6.07) is 14.4. The number of hydrogen-bond acceptors (Lipinski definition) is 7. The van der Waals surface area contributed by atoms with Gasteiger partial charge in [0.1, 0.15) is 12.1 Å². The molecule has 2 aromatic carbocycles. The molecular weight excluding hydrogens is 450 g/mol. The van der Waals surface area contributed by atoms with Crippen LogP contribution in [-0.4, -0.2) is 45.0 Å². The number of ether oxygens (including phenoxy) is 3. The van der Waals surface area contributed by atoms with Gasteiger partial charge in [-0.2, -0.15) is 10.3 Å². The Hall–Kier alpha value is -4.03. The predicted octanol–water partition coefficient (Wildman–Crippen LogP) is 4.47. The average Bonchev–Trinajstić information content (AvgIpc) is 2.81. The third kappa shape index (κ3) is 7.76. The van der Waals surface area contributed by atoms with Crippen molar-refractivity contribution in [1.82, 2.24) is 5.32 Å². The molecule has 0 saturated heterocycles. The lowest BCUT2D eigenvalue weighted by molar-refractivity contribution is -0.123. The van der Waals surface area contributed by atoms with Crippen LogP contribution in [0.1, 0.15) is 38.8 Å². The Labute approximate surface area is 205 Å². The van der Waals surface area contributed by atoms with Crippen molar-refractivity contribution in [3.63, 3.8) is 0 Å². The Bertz CT molecular complexity index is 1110. The lowest BCUT2D eigenvalue weighted by atomic mass is 9.96. The molecule has 0 aromatic heterocycles. The Morgan fingerprint density at radius 2 is 1.80 bits per heavy atom. The number of allylic oxidation sites excluding steroid dienone is 1. The molecule has 0 atom stereocenters. The SMILES string of the molecule is CCOc1cc(C(=CC#N)c2cccc(N(OC)C(=O)CNC(=O)OC(C)(C)C)c2)ccc1OC. The lowest BCUT2D eigenvalue weighted by Crippen LogP contribution is -2.41. The van der Waals surface area contributed by atoms with E-state index in [0.717, 1.165) is 10.6 Å². The molecule has 0 aliphatic heterocycles. The van der Waals surface area contributed by atoms with Crippen molar-refractivity contribution in [3.8, 4) is 17.6 Å². The molecule has 2 amide bonds. The molecule has 0 aliphatic rings. The number of alkyl carbamates (subject to hydrolysis) is 1. The van der Waals surface area contributed by atoms with Gasteiger partial charge in [0.15, 0.2) is 11.5 Å². The zero-order valence-electron chi connectivity index (χ0n) is 20.9. The maximum atomic E-state index is 12.7. The van der Waals surface area contributed by atoms with Gasteiger partial charge in [0.2, 0.25) is 0 Å². The molecule has 0 aliphatic carbocycles. The molecular formula is C26H31N3O6. The van der Waals surface area contributed by atoms with Gasteiger partial charge in [-0.1, -0.05) is 18.2 Å². The van der Waals surface area contributed by atoms with Gasteiger partial charge in [0, 0.05) is 6.08 Å². The number of anilines is 1. The fraction of sp³-hybridized carbons (Fsp3) is 0.346.